The lowest BCUT2D eigenvalue weighted by molar-refractivity contribution is 0.0693. The number of nitrogens with zero attached hydrogens (tertiary/aromatic N) is 1. The van der Waals surface area contributed by atoms with Crippen molar-refractivity contribution in [1.29, 1.82) is 0 Å². The summed E-state index contributed by atoms with van der Waals surface area (Å²) >= 11 is 0. The van der Waals surface area contributed by atoms with Crippen LogP contribution in [0.15, 0.2) is 18.2 Å². The number of amides is 2. The average Bonchev–Trinajstić information content (AvgIpc) is 2.41. The first kappa shape index (κ1) is 14.1. The standard InChI is InChI=1S/C13H16N2O5/c16-8-4-6-15(7-5-8)13(20)14-10-3-1-2-9(11(10)17)12(18)19/h1-3,8,16-17H,4-7H2,(H,14,20)(H,18,19). The van der Waals surface area contributed by atoms with Crippen LogP contribution in [0.2, 0.25) is 0 Å². The molecule has 2 amide bonds. The monoisotopic (exact) mass is 280 g/mol. The molecule has 20 heavy (non-hydrogen) atoms. The molecular weight excluding hydrogens is 264 g/mol. The van der Waals surface area contributed by atoms with Gasteiger partial charge in [-0.25, -0.2) is 9.59 Å². The third-order valence-electron chi connectivity index (χ3n) is 3.26. The van der Waals surface area contributed by atoms with Crippen LogP contribution in [-0.4, -0.2) is 51.4 Å². The molecule has 2 rings (SSSR count). The molecule has 0 bridgehead atoms. The maximum absolute atomic E-state index is 12.0. The Balaban J connectivity index is 2.08. The number of hydrogen-bond donors (Lipinski definition) is 4. The van der Waals surface area contributed by atoms with Gasteiger partial charge in [0.2, 0.25) is 0 Å². The van der Waals surface area contributed by atoms with Crippen LogP contribution in [0, 0.1) is 0 Å². The van der Waals surface area contributed by atoms with E-state index in [1.807, 2.05) is 0 Å². The Morgan fingerprint density at radius 3 is 2.50 bits per heavy atom. The fourth-order valence-electron chi connectivity index (χ4n) is 2.08. The minimum atomic E-state index is -1.26. The Labute approximate surface area is 115 Å². The maximum atomic E-state index is 12.0. The molecule has 0 spiro atoms. The molecule has 0 saturated carbocycles. The predicted octanol–water partition coefficient (Wildman–Crippen LogP) is 1.08. The van der Waals surface area contributed by atoms with E-state index in [-0.39, 0.29) is 17.4 Å². The van der Waals surface area contributed by atoms with Crippen LogP contribution in [0.4, 0.5) is 10.5 Å². The summed E-state index contributed by atoms with van der Waals surface area (Å²) in [7, 11) is 0. The van der Waals surface area contributed by atoms with Crippen molar-refractivity contribution in [3.8, 4) is 5.75 Å². The van der Waals surface area contributed by atoms with Crippen molar-refractivity contribution < 1.29 is 24.9 Å². The van der Waals surface area contributed by atoms with Crippen molar-refractivity contribution in [2.24, 2.45) is 0 Å². The molecular formula is C13H16N2O5. The number of para-hydroxylation sites is 1. The van der Waals surface area contributed by atoms with Gasteiger partial charge in [0.1, 0.15) is 5.56 Å². The molecule has 1 saturated heterocycles. The molecule has 1 aliphatic heterocycles. The second-order valence-corrected chi connectivity index (χ2v) is 4.66. The van der Waals surface area contributed by atoms with Crippen molar-refractivity contribution >= 4 is 17.7 Å². The second kappa shape index (κ2) is 5.79. The number of carbonyl (C=O) groups excluding carboxylic acids is 1. The molecule has 0 unspecified atom stereocenters. The van der Waals surface area contributed by atoms with Gasteiger partial charge in [-0.2, -0.15) is 0 Å². The molecule has 7 heteroatoms. The molecule has 1 fully saturated rings. The zero-order chi connectivity index (χ0) is 14.7. The van der Waals surface area contributed by atoms with Crippen LogP contribution < -0.4 is 5.32 Å². The molecule has 1 aliphatic rings. The first-order valence-corrected chi connectivity index (χ1v) is 6.28. The van der Waals surface area contributed by atoms with Crippen LogP contribution in [0.25, 0.3) is 0 Å². The van der Waals surface area contributed by atoms with E-state index in [0.29, 0.717) is 25.9 Å². The van der Waals surface area contributed by atoms with Gasteiger partial charge in [-0.1, -0.05) is 6.07 Å². The number of aliphatic hydroxyl groups is 1. The summed E-state index contributed by atoms with van der Waals surface area (Å²) in [5, 5.41) is 30.5. The lowest BCUT2D eigenvalue weighted by Crippen LogP contribution is -2.42. The molecule has 108 valence electrons. The quantitative estimate of drug-likeness (QED) is 0.606. The number of likely N-dealkylation sites (tertiary alicyclic amines) is 1. The smallest absolute Gasteiger partial charge is 0.339 e. The van der Waals surface area contributed by atoms with Crippen LogP contribution in [0.5, 0.6) is 5.75 Å². The van der Waals surface area contributed by atoms with Crippen LogP contribution >= 0.6 is 0 Å². The van der Waals surface area contributed by atoms with E-state index in [2.05, 4.69) is 5.32 Å². The topological polar surface area (TPSA) is 110 Å². The molecule has 1 aromatic carbocycles. The fraction of sp³-hybridized carbons (Fsp3) is 0.385. The van der Waals surface area contributed by atoms with Gasteiger partial charge >= 0.3 is 12.0 Å². The maximum Gasteiger partial charge on any atom is 0.339 e. The van der Waals surface area contributed by atoms with E-state index in [4.69, 9.17) is 5.11 Å². The highest BCUT2D eigenvalue weighted by Gasteiger charge is 2.22. The minimum absolute atomic E-state index is 0.0565. The van der Waals surface area contributed by atoms with Gasteiger partial charge in [-0.15, -0.1) is 0 Å². The highest BCUT2D eigenvalue weighted by Crippen LogP contribution is 2.27. The molecule has 7 nitrogen and oxygen atoms in total. The number of benzene rings is 1. The number of piperidine rings is 1. The molecule has 1 aromatic rings. The normalized spacial score (nSPS) is 15.9. The van der Waals surface area contributed by atoms with E-state index in [9.17, 15) is 19.8 Å². The average molecular weight is 280 g/mol. The number of anilines is 1. The highest BCUT2D eigenvalue weighted by atomic mass is 16.4. The van der Waals surface area contributed by atoms with Crippen molar-refractivity contribution in [3.63, 3.8) is 0 Å². The van der Waals surface area contributed by atoms with E-state index in [0.717, 1.165) is 0 Å². The number of carboxylic acid groups (broad SMARTS) is 1. The SMILES string of the molecule is O=C(O)c1cccc(NC(=O)N2CCC(O)CC2)c1O. The Morgan fingerprint density at radius 2 is 1.90 bits per heavy atom. The number of urea groups is 1. The summed E-state index contributed by atoms with van der Waals surface area (Å²) in [4.78, 5) is 24.4. The number of phenols is 1. The summed E-state index contributed by atoms with van der Waals surface area (Å²) in [6.07, 6.45) is 0.631. The third-order valence-corrected chi connectivity index (χ3v) is 3.26. The lowest BCUT2D eigenvalue weighted by Gasteiger charge is -2.29. The molecule has 4 N–H and O–H groups in total. The van der Waals surface area contributed by atoms with E-state index in [1.54, 1.807) is 0 Å². The summed E-state index contributed by atoms with van der Waals surface area (Å²) in [5.74, 6) is -1.73. The van der Waals surface area contributed by atoms with Crippen molar-refractivity contribution in [2.45, 2.75) is 18.9 Å². The van der Waals surface area contributed by atoms with E-state index < -0.39 is 17.7 Å². The number of aromatic hydroxyl groups is 1. The molecule has 0 atom stereocenters. The molecule has 0 aliphatic carbocycles. The number of aromatic carboxylic acids is 1. The van der Waals surface area contributed by atoms with Crippen molar-refractivity contribution in [1.82, 2.24) is 4.90 Å². The van der Waals surface area contributed by atoms with Gasteiger partial charge in [0.15, 0.2) is 5.75 Å². The lowest BCUT2D eigenvalue weighted by atomic mass is 10.1. The summed E-state index contributed by atoms with van der Waals surface area (Å²) < 4.78 is 0. The third kappa shape index (κ3) is 3.00. The van der Waals surface area contributed by atoms with Crippen LogP contribution in [-0.2, 0) is 0 Å². The summed E-state index contributed by atoms with van der Waals surface area (Å²) in [6, 6.07) is 3.71. The number of carbonyl (C=O) groups is 2. The van der Waals surface area contributed by atoms with Crippen LogP contribution in [0.3, 0.4) is 0 Å². The number of hydrogen-bond acceptors (Lipinski definition) is 4. The minimum Gasteiger partial charge on any atom is -0.505 e. The fourth-order valence-corrected chi connectivity index (χ4v) is 2.08. The Kier molecular flexibility index (Phi) is 4.09. The zero-order valence-corrected chi connectivity index (χ0v) is 10.7. The van der Waals surface area contributed by atoms with Gasteiger partial charge < -0.3 is 25.5 Å². The Morgan fingerprint density at radius 1 is 1.25 bits per heavy atom. The van der Waals surface area contributed by atoms with Gasteiger partial charge in [-0.05, 0) is 25.0 Å². The number of aliphatic hydroxyl groups excluding tert-OH is 1. The molecule has 1 heterocycles. The highest BCUT2D eigenvalue weighted by molar-refractivity contribution is 5.97. The number of nitrogens with one attached hydrogen (secondary N) is 1. The number of carboxylic acids is 1. The summed E-state index contributed by atoms with van der Waals surface area (Å²) in [6.45, 7) is 0.846. The zero-order valence-electron chi connectivity index (χ0n) is 10.7. The van der Waals surface area contributed by atoms with Gasteiger partial charge in [0.25, 0.3) is 0 Å². The largest absolute Gasteiger partial charge is 0.505 e. The number of rotatable bonds is 2. The first-order valence-electron chi connectivity index (χ1n) is 6.28. The van der Waals surface area contributed by atoms with E-state index in [1.165, 1.54) is 23.1 Å². The first-order chi connectivity index (χ1) is 9.49. The Bertz CT molecular complexity index is 523. The van der Waals surface area contributed by atoms with E-state index >= 15 is 0 Å². The van der Waals surface area contributed by atoms with Crippen molar-refractivity contribution in [2.75, 3.05) is 18.4 Å². The second-order valence-electron chi connectivity index (χ2n) is 4.66. The Hall–Kier alpha value is -2.28. The molecule has 0 aromatic heterocycles. The van der Waals surface area contributed by atoms with Crippen LogP contribution in [0.1, 0.15) is 23.2 Å². The van der Waals surface area contributed by atoms with Gasteiger partial charge in [0.05, 0.1) is 11.8 Å². The molecule has 0 radical (unpaired) electrons. The van der Waals surface area contributed by atoms with Crippen molar-refractivity contribution in [3.05, 3.63) is 23.8 Å². The van der Waals surface area contributed by atoms with Gasteiger partial charge in [-0.3, -0.25) is 0 Å². The predicted molar refractivity (Wildman–Crippen MR) is 70.9 cm³/mol. The summed E-state index contributed by atoms with van der Waals surface area (Å²) in [5.41, 5.74) is -0.210. The van der Waals surface area contributed by atoms with Gasteiger partial charge in [0, 0.05) is 13.1 Å².